The number of anilines is 1. The second kappa shape index (κ2) is 6.11. The van der Waals surface area contributed by atoms with Crippen molar-refractivity contribution in [3.05, 3.63) is 44.9 Å². The number of oxime groups is 1. The SMILES string of the molecule is Cc1ncsc1CN(C)c1ccc(C(N)=NO)cc1Cl. The van der Waals surface area contributed by atoms with Crippen LogP contribution in [-0.2, 0) is 6.54 Å². The lowest BCUT2D eigenvalue weighted by molar-refractivity contribution is 0.318. The molecule has 0 amide bonds. The minimum absolute atomic E-state index is 0.0411. The molecule has 0 unspecified atom stereocenters. The van der Waals surface area contributed by atoms with Crippen molar-refractivity contribution in [1.82, 2.24) is 4.98 Å². The first-order valence-electron chi connectivity index (χ1n) is 5.90. The Morgan fingerprint density at radius 2 is 2.30 bits per heavy atom. The molecule has 0 aliphatic heterocycles. The van der Waals surface area contributed by atoms with Gasteiger partial charge in [0.2, 0.25) is 0 Å². The van der Waals surface area contributed by atoms with E-state index >= 15 is 0 Å². The Morgan fingerprint density at radius 3 is 2.85 bits per heavy atom. The van der Waals surface area contributed by atoms with E-state index in [0.29, 0.717) is 10.6 Å². The lowest BCUT2D eigenvalue weighted by Gasteiger charge is -2.20. The number of hydrogen-bond acceptors (Lipinski definition) is 5. The van der Waals surface area contributed by atoms with Gasteiger partial charge in [-0.15, -0.1) is 11.3 Å². The monoisotopic (exact) mass is 310 g/mol. The zero-order valence-electron chi connectivity index (χ0n) is 11.2. The van der Waals surface area contributed by atoms with Crippen LogP contribution >= 0.6 is 22.9 Å². The number of thiazole rings is 1. The summed E-state index contributed by atoms with van der Waals surface area (Å²) in [4.78, 5) is 7.47. The van der Waals surface area contributed by atoms with Crippen molar-refractivity contribution in [3.63, 3.8) is 0 Å². The summed E-state index contributed by atoms with van der Waals surface area (Å²) < 4.78 is 0. The standard InChI is InChI=1S/C13H15ClN4OS/c1-8-12(20-7-16-8)6-18(2)11-4-3-9(5-10(11)14)13(15)17-19/h3-5,7,19H,6H2,1-2H3,(H2,15,17). The van der Waals surface area contributed by atoms with Crippen LogP contribution in [0.2, 0.25) is 5.02 Å². The first-order valence-corrected chi connectivity index (χ1v) is 7.16. The fourth-order valence-corrected chi connectivity index (χ4v) is 2.97. The summed E-state index contributed by atoms with van der Waals surface area (Å²) >= 11 is 7.88. The van der Waals surface area contributed by atoms with Gasteiger partial charge < -0.3 is 15.8 Å². The number of nitrogens with two attached hydrogens (primary N) is 1. The van der Waals surface area contributed by atoms with Gasteiger partial charge in [-0.25, -0.2) is 4.98 Å². The van der Waals surface area contributed by atoms with E-state index in [-0.39, 0.29) is 5.84 Å². The highest BCUT2D eigenvalue weighted by molar-refractivity contribution is 7.09. The number of rotatable bonds is 4. The minimum Gasteiger partial charge on any atom is -0.409 e. The Bertz CT molecular complexity index is 641. The molecule has 106 valence electrons. The molecule has 0 bridgehead atoms. The molecule has 2 aromatic rings. The molecule has 1 aromatic heterocycles. The van der Waals surface area contributed by atoms with Gasteiger partial charge in [0.15, 0.2) is 5.84 Å². The van der Waals surface area contributed by atoms with Crippen LogP contribution in [0.3, 0.4) is 0 Å². The van der Waals surface area contributed by atoms with Crippen LogP contribution in [0.15, 0.2) is 28.9 Å². The van der Waals surface area contributed by atoms with Crippen molar-refractivity contribution in [2.45, 2.75) is 13.5 Å². The summed E-state index contributed by atoms with van der Waals surface area (Å²) in [6, 6.07) is 5.31. The molecule has 0 spiro atoms. The largest absolute Gasteiger partial charge is 0.409 e. The van der Waals surface area contributed by atoms with Gasteiger partial charge in [-0.2, -0.15) is 0 Å². The fourth-order valence-electron chi connectivity index (χ4n) is 1.81. The molecule has 0 saturated heterocycles. The summed E-state index contributed by atoms with van der Waals surface area (Å²) in [7, 11) is 1.96. The molecule has 0 saturated carbocycles. The summed E-state index contributed by atoms with van der Waals surface area (Å²) in [6.07, 6.45) is 0. The molecule has 1 aromatic carbocycles. The Kier molecular flexibility index (Phi) is 4.46. The summed E-state index contributed by atoms with van der Waals surface area (Å²) in [5.74, 6) is 0.0411. The Morgan fingerprint density at radius 1 is 1.55 bits per heavy atom. The highest BCUT2D eigenvalue weighted by atomic mass is 35.5. The molecule has 7 heteroatoms. The Labute approximate surface area is 126 Å². The van der Waals surface area contributed by atoms with Crippen LogP contribution < -0.4 is 10.6 Å². The maximum absolute atomic E-state index is 8.66. The van der Waals surface area contributed by atoms with Crippen LogP contribution in [0, 0.1) is 6.92 Å². The smallest absolute Gasteiger partial charge is 0.170 e. The fraction of sp³-hybridized carbons (Fsp3) is 0.231. The molecule has 0 fully saturated rings. The third-order valence-corrected chi connectivity index (χ3v) is 4.21. The number of amidine groups is 1. The lowest BCUT2D eigenvalue weighted by Crippen LogP contribution is -2.18. The average molecular weight is 311 g/mol. The topological polar surface area (TPSA) is 74.7 Å². The van der Waals surface area contributed by atoms with E-state index in [2.05, 4.69) is 10.1 Å². The molecule has 0 atom stereocenters. The molecule has 3 N–H and O–H groups in total. The van der Waals surface area contributed by atoms with Crippen LogP contribution in [0.5, 0.6) is 0 Å². The molecular weight excluding hydrogens is 296 g/mol. The third-order valence-electron chi connectivity index (χ3n) is 2.99. The maximum Gasteiger partial charge on any atom is 0.170 e. The predicted molar refractivity (Wildman–Crippen MR) is 82.9 cm³/mol. The van der Waals surface area contributed by atoms with Gasteiger partial charge in [0.25, 0.3) is 0 Å². The van der Waals surface area contributed by atoms with Crippen molar-refractivity contribution < 1.29 is 5.21 Å². The van der Waals surface area contributed by atoms with Gasteiger partial charge in [-0.05, 0) is 25.1 Å². The Balaban J connectivity index is 2.22. The second-order valence-corrected chi connectivity index (χ2v) is 5.71. The first-order chi connectivity index (χ1) is 9.52. The number of aryl methyl sites for hydroxylation is 1. The minimum atomic E-state index is 0.0411. The number of hydrogen-bond donors (Lipinski definition) is 2. The third kappa shape index (κ3) is 3.02. The van der Waals surface area contributed by atoms with Gasteiger partial charge in [-0.1, -0.05) is 16.8 Å². The van der Waals surface area contributed by atoms with E-state index in [4.69, 9.17) is 22.5 Å². The van der Waals surface area contributed by atoms with Crippen molar-refractivity contribution in [2.75, 3.05) is 11.9 Å². The zero-order chi connectivity index (χ0) is 14.7. The average Bonchev–Trinajstić information content (AvgIpc) is 2.83. The molecule has 5 nitrogen and oxygen atoms in total. The van der Waals surface area contributed by atoms with E-state index in [1.165, 1.54) is 4.88 Å². The van der Waals surface area contributed by atoms with Crippen LogP contribution in [0.1, 0.15) is 16.1 Å². The number of aromatic nitrogens is 1. The van der Waals surface area contributed by atoms with E-state index < -0.39 is 0 Å². The summed E-state index contributed by atoms with van der Waals surface area (Å²) in [5, 5.41) is 12.2. The second-order valence-electron chi connectivity index (χ2n) is 4.37. The molecule has 1 heterocycles. The molecule has 2 rings (SSSR count). The molecule has 20 heavy (non-hydrogen) atoms. The van der Waals surface area contributed by atoms with Crippen molar-refractivity contribution >= 4 is 34.5 Å². The number of benzene rings is 1. The van der Waals surface area contributed by atoms with Gasteiger partial charge >= 0.3 is 0 Å². The molecule has 0 radical (unpaired) electrons. The van der Waals surface area contributed by atoms with Gasteiger partial charge in [0.1, 0.15) is 0 Å². The van der Waals surface area contributed by atoms with Crippen LogP contribution in [0.4, 0.5) is 5.69 Å². The molecule has 0 aliphatic carbocycles. The van der Waals surface area contributed by atoms with E-state index in [9.17, 15) is 0 Å². The lowest BCUT2D eigenvalue weighted by atomic mass is 10.2. The van der Waals surface area contributed by atoms with Crippen LogP contribution in [-0.4, -0.2) is 23.1 Å². The van der Waals surface area contributed by atoms with E-state index in [1.54, 1.807) is 23.5 Å². The number of halogens is 1. The Hall–Kier alpha value is -1.79. The normalized spacial score (nSPS) is 11.7. The number of nitrogens with zero attached hydrogens (tertiary/aromatic N) is 3. The van der Waals surface area contributed by atoms with Crippen molar-refractivity contribution in [2.24, 2.45) is 10.9 Å². The molecule has 0 aliphatic rings. The highest BCUT2D eigenvalue weighted by Gasteiger charge is 2.11. The van der Waals surface area contributed by atoms with Gasteiger partial charge in [0.05, 0.1) is 28.5 Å². The quantitative estimate of drug-likeness (QED) is 0.394. The predicted octanol–water partition coefficient (Wildman–Crippen LogP) is 2.84. The zero-order valence-corrected chi connectivity index (χ0v) is 12.7. The summed E-state index contributed by atoms with van der Waals surface area (Å²) in [6.45, 7) is 2.72. The molecular formula is C13H15ClN4OS. The first kappa shape index (κ1) is 14.6. The van der Waals surface area contributed by atoms with Crippen molar-refractivity contribution in [3.8, 4) is 0 Å². The summed E-state index contributed by atoms with van der Waals surface area (Å²) in [5.41, 5.74) is 9.88. The van der Waals surface area contributed by atoms with Gasteiger partial charge in [0, 0.05) is 17.5 Å². The van der Waals surface area contributed by atoms with Crippen LogP contribution in [0.25, 0.3) is 0 Å². The van der Waals surface area contributed by atoms with E-state index in [1.807, 2.05) is 30.4 Å². The van der Waals surface area contributed by atoms with E-state index in [0.717, 1.165) is 17.9 Å². The maximum atomic E-state index is 8.66. The highest BCUT2D eigenvalue weighted by Crippen LogP contribution is 2.28. The van der Waals surface area contributed by atoms with Gasteiger partial charge in [-0.3, -0.25) is 0 Å². The van der Waals surface area contributed by atoms with Crippen molar-refractivity contribution in [1.29, 1.82) is 0 Å².